The lowest BCUT2D eigenvalue weighted by molar-refractivity contribution is 0.209. The Hall–Kier alpha value is -1.08. The molecule has 2 rings (SSSR count). The van der Waals surface area contributed by atoms with Crippen LogP contribution < -0.4 is 0 Å². The Morgan fingerprint density at radius 1 is 1.17 bits per heavy atom. The number of aryl methyl sites for hydroxylation is 1. The van der Waals surface area contributed by atoms with Crippen molar-refractivity contribution in [2.45, 2.75) is 51.0 Å². The number of hydrogen-bond acceptors (Lipinski definition) is 1. The Morgan fingerprint density at radius 3 is 2.61 bits per heavy atom. The molecule has 0 aliphatic heterocycles. The molecule has 1 atom stereocenters. The van der Waals surface area contributed by atoms with Crippen molar-refractivity contribution in [3.05, 3.63) is 48.0 Å². The lowest BCUT2D eigenvalue weighted by Gasteiger charge is -2.07. The van der Waals surface area contributed by atoms with Gasteiger partial charge in [-0.25, -0.2) is 0 Å². The van der Waals surface area contributed by atoms with E-state index in [-0.39, 0.29) is 6.10 Å². The smallest absolute Gasteiger partial charge is 0.0721 e. The summed E-state index contributed by atoms with van der Waals surface area (Å²) in [5.74, 6) is 0.730. The zero-order valence-corrected chi connectivity index (χ0v) is 11.1. The highest BCUT2D eigenvalue weighted by Gasteiger charge is 2.11. The van der Waals surface area contributed by atoms with Crippen LogP contribution in [0.4, 0.5) is 0 Å². The van der Waals surface area contributed by atoms with Crippen molar-refractivity contribution in [2.75, 3.05) is 0 Å². The molecule has 0 heterocycles. The van der Waals surface area contributed by atoms with Crippen LogP contribution in [0.15, 0.2) is 42.5 Å². The van der Waals surface area contributed by atoms with Crippen molar-refractivity contribution in [3.63, 3.8) is 0 Å². The second-order valence-electron chi connectivity index (χ2n) is 5.37. The first-order valence-corrected chi connectivity index (χ1v) is 7.25. The number of benzene rings is 1. The molecule has 0 radical (unpaired) electrons. The van der Waals surface area contributed by atoms with Gasteiger partial charge in [-0.15, -0.1) is 0 Å². The van der Waals surface area contributed by atoms with Gasteiger partial charge in [-0.3, -0.25) is 0 Å². The van der Waals surface area contributed by atoms with E-state index in [9.17, 15) is 5.11 Å². The molecular formula is C17H24O. The van der Waals surface area contributed by atoms with E-state index < -0.39 is 0 Å². The Bertz CT molecular complexity index is 349. The van der Waals surface area contributed by atoms with E-state index in [1.54, 1.807) is 0 Å². The predicted octanol–water partition coefficient (Wildman–Crippen LogP) is 4.12. The third kappa shape index (κ3) is 4.66. The first kappa shape index (κ1) is 13.4. The Labute approximate surface area is 111 Å². The molecule has 1 aromatic carbocycles. The molecule has 0 spiro atoms. The predicted molar refractivity (Wildman–Crippen MR) is 76.5 cm³/mol. The average molecular weight is 244 g/mol. The molecule has 1 heteroatoms. The molecule has 0 aromatic heterocycles. The van der Waals surface area contributed by atoms with Crippen LogP contribution in [-0.4, -0.2) is 11.2 Å². The van der Waals surface area contributed by atoms with Gasteiger partial charge in [0.1, 0.15) is 0 Å². The van der Waals surface area contributed by atoms with Crippen LogP contribution in [0, 0.1) is 5.92 Å². The summed E-state index contributed by atoms with van der Waals surface area (Å²) in [7, 11) is 0. The van der Waals surface area contributed by atoms with E-state index in [0.717, 1.165) is 25.2 Å². The number of aliphatic hydroxyl groups is 1. The van der Waals surface area contributed by atoms with E-state index in [2.05, 4.69) is 30.3 Å². The maximum absolute atomic E-state index is 9.90. The molecule has 0 saturated heterocycles. The van der Waals surface area contributed by atoms with Crippen molar-refractivity contribution < 1.29 is 5.11 Å². The van der Waals surface area contributed by atoms with E-state index in [4.69, 9.17) is 0 Å². The van der Waals surface area contributed by atoms with Gasteiger partial charge in [0, 0.05) is 0 Å². The second kappa shape index (κ2) is 7.38. The maximum atomic E-state index is 9.90. The number of aliphatic hydroxyl groups excluding tert-OH is 1. The quantitative estimate of drug-likeness (QED) is 0.746. The van der Waals surface area contributed by atoms with Gasteiger partial charge < -0.3 is 5.11 Å². The lowest BCUT2D eigenvalue weighted by Crippen LogP contribution is -2.03. The molecule has 1 fully saturated rings. The molecule has 0 amide bonds. The molecule has 18 heavy (non-hydrogen) atoms. The zero-order chi connectivity index (χ0) is 12.6. The molecule has 1 aliphatic carbocycles. The summed E-state index contributed by atoms with van der Waals surface area (Å²) in [5, 5.41) is 9.90. The highest BCUT2D eigenvalue weighted by molar-refractivity contribution is 5.14. The Kier molecular flexibility index (Phi) is 5.47. The maximum Gasteiger partial charge on any atom is 0.0721 e. The number of allylic oxidation sites excluding steroid dienone is 1. The van der Waals surface area contributed by atoms with E-state index in [0.29, 0.717) is 0 Å². The van der Waals surface area contributed by atoms with E-state index >= 15 is 0 Å². The third-order valence-electron chi connectivity index (χ3n) is 3.81. The fourth-order valence-corrected chi connectivity index (χ4v) is 2.69. The summed E-state index contributed by atoms with van der Waals surface area (Å²) >= 11 is 0. The minimum atomic E-state index is -0.255. The van der Waals surface area contributed by atoms with Crippen LogP contribution in [0.3, 0.4) is 0 Å². The van der Waals surface area contributed by atoms with Gasteiger partial charge in [-0.05, 0) is 43.6 Å². The van der Waals surface area contributed by atoms with Crippen molar-refractivity contribution in [1.29, 1.82) is 0 Å². The lowest BCUT2D eigenvalue weighted by atomic mass is 10.0. The SMILES string of the molecule is OC(/C=C/C1CCCC1)CCCc1ccccc1. The highest BCUT2D eigenvalue weighted by atomic mass is 16.3. The first-order valence-electron chi connectivity index (χ1n) is 7.25. The average Bonchev–Trinajstić information content (AvgIpc) is 2.91. The van der Waals surface area contributed by atoms with Crippen LogP contribution in [-0.2, 0) is 6.42 Å². The minimum Gasteiger partial charge on any atom is -0.389 e. The number of hydrogen-bond donors (Lipinski definition) is 1. The van der Waals surface area contributed by atoms with Gasteiger partial charge in [0.2, 0.25) is 0 Å². The standard InChI is InChI=1S/C17H24O/c18-17(14-13-16-9-4-5-10-16)12-6-11-15-7-2-1-3-8-15/h1-3,7-8,13-14,16-18H,4-6,9-12H2/b14-13+. The molecule has 1 nitrogen and oxygen atoms in total. The van der Waals surface area contributed by atoms with Gasteiger partial charge in [0.25, 0.3) is 0 Å². The van der Waals surface area contributed by atoms with E-state index in [1.807, 2.05) is 12.1 Å². The van der Waals surface area contributed by atoms with Gasteiger partial charge in [0.05, 0.1) is 6.10 Å². The Morgan fingerprint density at radius 2 is 1.89 bits per heavy atom. The molecule has 1 unspecified atom stereocenters. The zero-order valence-electron chi connectivity index (χ0n) is 11.1. The van der Waals surface area contributed by atoms with Crippen LogP contribution in [0.25, 0.3) is 0 Å². The summed E-state index contributed by atoms with van der Waals surface area (Å²) in [5.41, 5.74) is 1.37. The van der Waals surface area contributed by atoms with Crippen molar-refractivity contribution in [1.82, 2.24) is 0 Å². The monoisotopic (exact) mass is 244 g/mol. The first-order chi connectivity index (χ1) is 8.84. The molecule has 1 aromatic rings. The molecule has 1 saturated carbocycles. The largest absolute Gasteiger partial charge is 0.389 e. The van der Waals surface area contributed by atoms with Crippen molar-refractivity contribution in [3.8, 4) is 0 Å². The topological polar surface area (TPSA) is 20.2 Å². The van der Waals surface area contributed by atoms with Gasteiger partial charge in [0.15, 0.2) is 0 Å². The molecule has 0 bridgehead atoms. The van der Waals surface area contributed by atoms with Crippen LogP contribution in [0.2, 0.25) is 0 Å². The highest BCUT2D eigenvalue weighted by Crippen LogP contribution is 2.25. The Balaban J connectivity index is 1.64. The summed E-state index contributed by atoms with van der Waals surface area (Å²) in [6.07, 6.45) is 12.3. The molecular weight excluding hydrogens is 220 g/mol. The minimum absolute atomic E-state index is 0.255. The number of rotatable bonds is 6. The van der Waals surface area contributed by atoms with Crippen molar-refractivity contribution in [2.24, 2.45) is 5.92 Å². The molecule has 1 N–H and O–H groups in total. The summed E-state index contributed by atoms with van der Waals surface area (Å²) < 4.78 is 0. The van der Waals surface area contributed by atoms with Crippen molar-refractivity contribution >= 4 is 0 Å². The summed E-state index contributed by atoms with van der Waals surface area (Å²) in [4.78, 5) is 0. The van der Waals surface area contributed by atoms with E-state index in [1.165, 1.54) is 31.2 Å². The second-order valence-corrected chi connectivity index (χ2v) is 5.37. The van der Waals surface area contributed by atoms with Crippen LogP contribution >= 0.6 is 0 Å². The van der Waals surface area contributed by atoms with Gasteiger partial charge in [-0.1, -0.05) is 55.3 Å². The summed E-state index contributed by atoms with van der Waals surface area (Å²) in [6.45, 7) is 0. The van der Waals surface area contributed by atoms with Gasteiger partial charge in [-0.2, -0.15) is 0 Å². The third-order valence-corrected chi connectivity index (χ3v) is 3.81. The van der Waals surface area contributed by atoms with Crippen LogP contribution in [0.5, 0.6) is 0 Å². The normalized spacial score (nSPS) is 18.5. The van der Waals surface area contributed by atoms with Gasteiger partial charge >= 0.3 is 0 Å². The molecule has 1 aliphatic rings. The fraction of sp³-hybridized carbons (Fsp3) is 0.529. The molecule has 98 valence electrons. The van der Waals surface area contributed by atoms with Crippen LogP contribution in [0.1, 0.15) is 44.1 Å². The summed E-state index contributed by atoms with van der Waals surface area (Å²) in [6, 6.07) is 10.5. The fourth-order valence-electron chi connectivity index (χ4n) is 2.69.